The van der Waals surface area contributed by atoms with Gasteiger partial charge in [0.2, 0.25) is 5.89 Å². The third-order valence-corrected chi connectivity index (χ3v) is 6.24. The number of hydrogen-bond donors (Lipinski definition) is 1. The molecule has 6 nitrogen and oxygen atoms in total. The number of hydrogen-bond acceptors (Lipinski definition) is 5. The number of anilines is 1. The van der Waals surface area contributed by atoms with Crippen LogP contribution >= 0.6 is 0 Å². The predicted octanol–water partition coefficient (Wildman–Crippen LogP) is 5.15. The van der Waals surface area contributed by atoms with Gasteiger partial charge in [-0.3, -0.25) is 4.79 Å². The van der Waals surface area contributed by atoms with E-state index < -0.39 is 0 Å². The van der Waals surface area contributed by atoms with Gasteiger partial charge in [-0.15, -0.1) is 0 Å². The van der Waals surface area contributed by atoms with Gasteiger partial charge in [-0.05, 0) is 55.3 Å². The number of aromatic nitrogens is 1. The Kier molecular flexibility index (Phi) is 6.04. The van der Waals surface area contributed by atoms with E-state index in [4.69, 9.17) is 14.1 Å². The quantitative estimate of drug-likeness (QED) is 0.419. The van der Waals surface area contributed by atoms with Crippen molar-refractivity contribution in [1.82, 2.24) is 10.3 Å². The molecular formula is C28H27N3O3. The lowest BCUT2D eigenvalue weighted by molar-refractivity contribution is 0.0950. The van der Waals surface area contributed by atoms with Gasteiger partial charge >= 0.3 is 0 Å². The van der Waals surface area contributed by atoms with E-state index in [2.05, 4.69) is 34.5 Å². The molecule has 1 aliphatic heterocycles. The molecule has 0 spiro atoms. The smallest absolute Gasteiger partial charge is 0.251 e. The number of aryl methyl sites for hydroxylation is 1. The predicted molar refractivity (Wildman–Crippen MR) is 132 cm³/mol. The van der Waals surface area contributed by atoms with E-state index in [1.54, 1.807) is 19.2 Å². The third-order valence-electron chi connectivity index (χ3n) is 6.24. The molecule has 0 fully saturated rings. The first-order chi connectivity index (χ1) is 16.6. The van der Waals surface area contributed by atoms with Crippen molar-refractivity contribution < 1.29 is 13.9 Å². The monoisotopic (exact) mass is 453 g/mol. The minimum atomic E-state index is -0.144. The van der Waals surface area contributed by atoms with Gasteiger partial charge in [0.25, 0.3) is 5.91 Å². The molecule has 34 heavy (non-hydrogen) atoms. The van der Waals surface area contributed by atoms with Crippen molar-refractivity contribution in [3.05, 3.63) is 101 Å². The van der Waals surface area contributed by atoms with Crippen molar-refractivity contribution in [2.24, 2.45) is 0 Å². The molecule has 6 heteroatoms. The number of para-hydroxylation sites is 2. The molecule has 5 rings (SSSR count). The Labute approximate surface area is 199 Å². The highest BCUT2D eigenvalue weighted by Crippen LogP contribution is 2.30. The lowest BCUT2D eigenvalue weighted by atomic mass is 10.1. The summed E-state index contributed by atoms with van der Waals surface area (Å²) < 4.78 is 11.3. The summed E-state index contributed by atoms with van der Waals surface area (Å²) in [4.78, 5) is 19.7. The number of fused-ring (bicyclic) bond motifs is 1. The molecule has 0 radical (unpaired) electrons. The summed E-state index contributed by atoms with van der Waals surface area (Å²) in [6.07, 6.45) is 1.06. The fourth-order valence-corrected chi connectivity index (χ4v) is 4.34. The Morgan fingerprint density at radius 2 is 1.82 bits per heavy atom. The van der Waals surface area contributed by atoms with Gasteiger partial charge in [0.1, 0.15) is 17.2 Å². The molecule has 1 aromatic heterocycles. The fourth-order valence-electron chi connectivity index (χ4n) is 4.34. The summed E-state index contributed by atoms with van der Waals surface area (Å²) in [5.41, 5.74) is 5.94. The number of ether oxygens (including phenoxy) is 1. The number of oxazole rings is 1. The zero-order chi connectivity index (χ0) is 23.5. The highest BCUT2D eigenvalue weighted by Gasteiger charge is 2.21. The minimum absolute atomic E-state index is 0.144. The fraction of sp³-hybridized carbons (Fsp3) is 0.214. The highest BCUT2D eigenvalue weighted by molar-refractivity contribution is 5.94. The van der Waals surface area contributed by atoms with E-state index in [9.17, 15) is 4.79 Å². The molecule has 0 saturated heterocycles. The number of nitrogens with one attached hydrogen (secondary N) is 1. The number of amides is 1. The first kappa shape index (κ1) is 21.8. The zero-order valence-corrected chi connectivity index (χ0v) is 19.4. The first-order valence-electron chi connectivity index (χ1n) is 11.4. The highest BCUT2D eigenvalue weighted by atomic mass is 16.5. The first-order valence-corrected chi connectivity index (χ1v) is 11.4. The van der Waals surface area contributed by atoms with Gasteiger partial charge in [-0.2, -0.15) is 0 Å². The second-order valence-corrected chi connectivity index (χ2v) is 8.39. The number of carbonyl (C=O) groups is 1. The van der Waals surface area contributed by atoms with Crippen LogP contribution in [0.2, 0.25) is 0 Å². The standard InChI is InChI=1S/C28H27N3O3/c1-19-24(18-31-16-15-20-7-3-5-9-25(20)31)30-28(34-19)22-13-11-21(12-14-22)27(32)29-17-23-8-4-6-10-26(23)33-2/h3-14H,15-18H2,1-2H3,(H,29,32). The van der Waals surface area contributed by atoms with Gasteiger partial charge in [0.15, 0.2) is 0 Å². The second kappa shape index (κ2) is 9.43. The summed E-state index contributed by atoms with van der Waals surface area (Å²) in [6, 6.07) is 23.5. The van der Waals surface area contributed by atoms with Gasteiger partial charge in [-0.1, -0.05) is 36.4 Å². The van der Waals surface area contributed by atoms with Crippen LogP contribution < -0.4 is 15.0 Å². The Hall–Kier alpha value is -4.06. The summed E-state index contributed by atoms with van der Waals surface area (Å²) in [7, 11) is 1.62. The van der Waals surface area contributed by atoms with Crippen LogP contribution in [0.4, 0.5) is 5.69 Å². The Morgan fingerprint density at radius 3 is 2.65 bits per heavy atom. The molecule has 3 aromatic carbocycles. The Balaban J connectivity index is 1.25. The minimum Gasteiger partial charge on any atom is -0.496 e. The van der Waals surface area contributed by atoms with Crippen molar-refractivity contribution in [2.75, 3.05) is 18.6 Å². The molecule has 1 N–H and O–H groups in total. The molecule has 1 aliphatic rings. The Bertz CT molecular complexity index is 1310. The molecule has 0 unspecified atom stereocenters. The maximum absolute atomic E-state index is 12.6. The molecule has 4 aromatic rings. The van der Waals surface area contributed by atoms with Crippen LogP contribution in [0.1, 0.15) is 32.9 Å². The number of rotatable bonds is 7. The number of nitrogens with zero attached hydrogens (tertiary/aromatic N) is 2. The molecule has 2 heterocycles. The van der Waals surface area contributed by atoms with Crippen molar-refractivity contribution in [3.8, 4) is 17.2 Å². The largest absolute Gasteiger partial charge is 0.496 e. The van der Waals surface area contributed by atoms with Crippen LogP contribution in [-0.2, 0) is 19.5 Å². The average Bonchev–Trinajstić information content (AvgIpc) is 3.46. The van der Waals surface area contributed by atoms with Gasteiger partial charge in [0, 0.05) is 35.5 Å². The van der Waals surface area contributed by atoms with E-state index in [1.165, 1.54) is 11.3 Å². The summed E-state index contributed by atoms with van der Waals surface area (Å²) >= 11 is 0. The lowest BCUT2D eigenvalue weighted by Crippen LogP contribution is -2.22. The van der Waals surface area contributed by atoms with Crippen LogP contribution in [-0.4, -0.2) is 24.5 Å². The van der Waals surface area contributed by atoms with Gasteiger partial charge in [0.05, 0.1) is 13.7 Å². The van der Waals surface area contributed by atoms with Crippen molar-refractivity contribution in [2.45, 2.75) is 26.4 Å². The van der Waals surface area contributed by atoms with E-state index >= 15 is 0 Å². The summed E-state index contributed by atoms with van der Waals surface area (Å²) in [5, 5.41) is 2.95. The van der Waals surface area contributed by atoms with Crippen molar-refractivity contribution in [3.63, 3.8) is 0 Å². The van der Waals surface area contributed by atoms with Crippen LogP contribution in [0, 0.1) is 6.92 Å². The molecule has 1 amide bonds. The molecule has 0 saturated carbocycles. The van der Waals surface area contributed by atoms with E-state index in [-0.39, 0.29) is 5.91 Å². The summed E-state index contributed by atoms with van der Waals surface area (Å²) in [6.45, 7) is 4.05. The van der Waals surface area contributed by atoms with Crippen molar-refractivity contribution >= 4 is 11.6 Å². The zero-order valence-electron chi connectivity index (χ0n) is 19.4. The SMILES string of the molecule is COc1ccccc1CNC(=O)c1ccc(-c2nc(CN3CCc4ccccc43)c(C)o2)cc1. The maximum Gasteiger partial charge on any atom is 0.251 e. The second-order valence-electron chi connectivity index (χ2n) is 8.39. The molecular weight excluding hydrogens is 426 g/mol. The van der Waals surface area contributed by atoms with Crippen LogP contribution in [0.3, 0.4) is 0 Å². The molecule has 0 aliphatic carbocycles. The average molecular weight is 454 g/mol. The number of methoxy groups -OCH3 is 1. The molecule has 172 valence electrons. The third kappa shape index (κ3) is 4.39. The van der Waals surface area contributed by atoms with Gasteiger partial charge in [-0.25, -0.2) is 4.98 Å². The van der Waals surface area contributed by atoms with Crippen molar-refractivity contribution in [1.29, 1.82) is 0 Å². The van der Waals surface area contributed by atoms with E-state index in [0.717, 1.165) is 47.8 Å². The van der Waals surface area contributed by atoms with E-state index in [0.29, 0.717) is 18.0 Å². The maximum atomic E-state index is 12.6. The number of benzene rings is 3. The molecule has 0 atom stereocenters. The van der Waals surface area contributed by atoms with Crippen LogP contribution in [0.25, 0.3) is 11.5 Å². The summed E-state index contributed by atoms with van der Waals surface area (Å²) in [5.74, 6) is 2.00. The number of carbonyl (C=O) groups excluding carboxylic acids is 1. The molecule has 0 bridgehead atoms. The normalized spacial score (nSPS) is 12.5. The van der Waals surface area contributed by atoms with Crippen LogP contribution in [0.15, 0.2) is 77.2 Å². The lowest BCUT2D eigenvalue weighted by Gasteiger charge is -2.17. The topological polar surface area (TPSA) is 67.6 Å². The Morgan fingerprint density at radius 1 is 1.06 bits per heavy atom. The van der Waals surface area contributed by atoms with E-state index in [1.807, 2.05) is 43.3 Å². The van der Waals surface area contributed by atoms with Crippen LogP contribution in [0.5, 0.6) is 5.75 Å². The van der Waals surface area contributed by atoms with Gasteiger partial charge < -0.3 is 19.4 Å².